The molecule has 2 bridgehead atoms. The van der Waals surface area contributed by atoms with Crippen LogP contribution >= 0.6 is 0 Å². The summed E-state index contributed by atoms with van der Waals surface area (Å²) in [5.41, 5.74) is 1.21. The van der Waals surface area contributed by atoms with Gasteiger partial charge in [-0.2, -0.15) is 5.92 Å². The fourth-order valence-electron chi connectivity index (χ4n) is 3.26. The maximum absolute atomic E-state index is 4.19. The summed E-state index contributed by atoms with van der Waals surface area (Å²) in [6, 6.07) is 10.3. The van der Waals surface area contributed by atoms with E-state index in [1.165, 1.54) is 49.8 Å². The van der Waals surface area contributed by atoms with Gasteiger partial charge in [0.1, 0.15) is 0 Å². The van der Waals surface area contributed by atoms with Crippen molar-refractivity contribution in [1.82, 2.24) is 9.88 Å². The van der Waals surface area contributed by atoms with E-state index in [0.29, 0.717) is 0 Å². The van der Waals surface area contributed by atoms with E-state index in [0.717, 1.165) is 11.8 Å². The van der Waals surface area contributed by atoms with Crippen LogP contribution in [0.25, 0.3) is 10.9 Å². The Balaban J connectivity index is 0.000000354. The zero-order valence-corrected chi connectivity index (χ0v) is 17.9. The van der Waals surface area contributed by atoms with Crippen LogP contribution in [0.4, 0.5) is 0 Å². The number of piperidine rings is 2. The average molecular weight is 389 g/mol. The molecular weight excluding hydrogens is 357 g/mol. The molecule has 1 radical (unpaired) electrons. The largest absolute Gasteiger partial charge is 0.361 e. The number of benzene rings is 1. The molecule has 3 unspecified atom stereocenters. The number of nitrogens with one attached hydrogen (secondary N) is 1. The fourth-order valence-corrected chi connectivity index (χ4v) is 3.26. The van der Waals surface area contributed by atoms with Crippen LogP contribution in [-0.2, 0) is 32.7 Å². The molecule has 2 aliphatic heterocycles. The van der Waals surface area contributed by atoms with E-state index in [2.05, 4.69) is 35.0 Å². The molecule has 2 saturated heterocycles. The first-order valence-electron chi connectivity index (χ1n) is 8.40. The standard InChI is InChI=1S/C9H16N.C8H7N.C2H6.CH3.Y/c1-8-4-6-10-5-2-3-9(8)7-10;1-2-4-8-7(3-1)5-6-9-8;1-2;;/h8-9H,1-7H2;1-6,9H;1-2H3;1H3;/q-1;;;-1;. The van der Waals surface area contributed by atoms with Crippen molar-refractivity contribution < 1.29 is 32.7 Å². The molecule has 0 spiro atoms. The molecule has 1 aromatic heterocycles. The second-order valence-electron chi connectivity index (χ2n) is 5.82. The predicted octanol–water partition coefficient (Wildman–Crippen LogP) is 5.19. The van der Waals surface area contributed by atoms with E-state index in [4.69, 9.17) is 0 Å². The van der Waals surface area contributed by atoms with E-state index >= 15 is 0 Å². The molecule has 4 rings (SSSR count). The number of hydrogen-bond acceptors (Lipinski definition) is 1. The number of nitrogens with zero attached hydrogens (tertiary/aromatic N) is 1. The molecule has 3 atom stereocenters. The molecule has 2 fully saturated rings. The summed E-state index contributed by atoms with van der Waals surface area (Å²) in [5, 5.41) is 1.28. The van der Waals surface area contributed by atoms with Crippen molar-refractivity contribution in [3.05, 3.63) is 50.9 Å². The SMILES string of the molecule is CC.[CH2-]C1CCN2CCCC1C2.[CH3-].[Y].c1ccc2[nH]ccc2c1. The zero-order chi connectivity index (χ0) is 15.1. The van der Waals surface area contributed by atoms with Gasteiger partial charge in [0.25, 0.3) is 0 Å². The van der Waals surface area contributed by atoms with Crippen molar-refractivity contribution in [2.24, 2.45) is 11.8 Å². The van der Waals surface area contributed by atoms with Crippen LogP contribution in [0, 0.1) is 26.2 Å². The van der Waals surface area contributed by atoms with Crippen LogP contribution in [0.3, 0.4) is 0 Å². The zero-order valence-electron chi connectivity index (χ0n) is 15.1. The minimum atomic E-state index is 0. The molecule has 1 N–H and O–H groups in total. The second-order valence-corrected chi connectivity index (χ2v) is 5.82. The molecule has 0 amide bonds. The van der Waals surface area contributed by atoms with E-state index in [-0.39, 0.29) is 40.1 Å². The summed E-state index contributed by atoms with van der Waals surface area (Å²) in [4.78, 5) is 5.71. The molecule has 0 saturated carbocycles. The van der Waals surface area contributed by atoms with Crippen molar-refractivity contribution in [1.29, 1.82) is 0 Å². The molecule has 2 aromatic rings. The number of rotatable bonds is 0. The smallest absolute Gasteiger partial charge is 0.0453 e. The molecule has 2 aliphatic rings. The van der Waals surface area contributed by atoms with Gasteiger partial charge >= 0.3 is 0 Å². The topological polar surface area (TPSA) is 19.0 Å². The second kappa shape index (κ2) is 12.2. The van der Waals surface area contributed by atoms with Crippen molar-refractivity contribution >= 4 is 10.9 Å². The summed E-state index contributed by atoms with van der Waals surface area (Å²) in [7, 11) is 0. The van der Waals surface area contributed by atoms with Gasteiger partial charge in [-0.15, -0.1) is 0 Å². The molecule has 0 aliphatic carbocycles. The van der Waals surface area contributed by atoms with Gasteiger partial charge in [0.2, 0.25) is 0 Å². The molecular formula is C20H32N2Y-2. The maximum atomic E-state index is 4.19. The third-order valence-corrected chi connectivity index (χ3v) is 4.49. The monoisotopic (exact) mass is 389 g/mol. The molecule has 1 aromatic carbocycles. The Morgan fingerprint density at radius 2 is 1.83 bits per heavy atom. The maximum Gasteiger partial charge on any atom is 0.0453 e. The van der Waals surface area contributed by atoms with Crippen molar-refractivity contribution in [3.8, 4) is 0 Å². The third kappa shape index (κ3) is 6.68. The molecule has 2 nitrogen and oxygen atoms in total. The van der Waals surface area contributed by atoms with Crippen LogP contribution < -0.4 is 0 Å². The van der Waals surface area contributed by atoms with E-state index in [9.17, 15) is 0 Å². The van der Waals surface area contributed by atoms with Crippen molar-refractivity contribution in [2.75, 3.05) is 19.6 Å². The van der Waals surface area contributed by atoms with Gasteiger partial charge in [-0.25, -0.2) is 0 Å². The van der Waals surface area contributed by atoms with Gasteiger partial charge in [0.15, 0.2) is 0 Å². The van der Waals surface area contributed by atoms with Gasteiger partial charge in [-0.3, -0.25) is 0 Å². The first-order chi connectivity index (χ1) is 10.3. The Morgan fingerprint density at radius 3 is 2.52 bits per heavy atom. The van der Waals surface area contributed by atoms with Crippen LogP contribution in [0.5, 0.6) is 0 Å². The Labute approximate surface area is 168 Å². The van der Waals surface area contributed by atoms with Gasteiger partial charge in [-0.05, 0) is 43.6 Å². The number of hydrogen-bond donors (Lipinski definition) is 1. The summed E-state index contributed by atoms with van der Waals surface area (Å²) < 4.78 is 0. The van der Waals surface area contributed by atoms with Gasteiger partial charge in [0.05, 0.1) is 0 Å². The number of aromatic amines is 1. The van der Waals surface area contributed by atoms with E-state index in [1.54, 1.807) is 0 Å². The van der Waals surface area contributed by atoms with Crippen LogP contribution in [0.2, 0.25) is 0 Å². The summed E-state index contributed by atoms with van der Waals surface area (Å²) in [5.74, 6) is 1.69. The minimum absolute atomic E-state index is 0. The molecule has 23 heavy (non-hydrogen) atoms. The Hall–Kier alpha value is -0.176. The Bertz CT molecular complexity index is 491. The van der Waals surface area contributed by atoms with Crippen molar-refractivity contribution in [2.45, 2.75) is 33.1 Å². The summed E-state index contributed by atoms with van der Waals surface area (Å²) in [6.45, 7) is 12.2. The van der Waals surface area contributed by atoms with Gasteiger partial charge < -0.3 is 24.2 Å². The first-order valence-corrected chi connectivity index (χ1v) is 8.40. The normalized spacial score (nSPS) is 24.7. The molecule has 3 heteroatoms. The Kier molecular flexibility index (Phi) is 12.1. The molecule has 3 heterocycles. The summed E-state index contributed by atoms with van der Waals surface area (Å²) in [6.07, 6.45) is 6.14. The van der Waals surface area contributed by atoms with Crippen LogP contribution in [0.1, 0.15) is 33.1 Å². The van der Waals surface area contributed by atoms with Crippen LogP contribution in [0.15, 0.2) is 36.5 Å². The Morgan fingerprint density at radius 1 is 1.09 bits per heavy atom. The van der Waals surface area contributed by atoms with E-state index in [1.807, 2.05) is 32.2 Å². The fraction of sp³-hybridized carbons (Fsp3) is 0.500. The van der Waals surface area contributed by atoms with Crippen molar-refractivity contribution in [3.63, 3.8) is 0 Å². The number of fused-ring (bicyclic) bond motifs is 3. The number of para-hydroxylation sites is 1. The van der Waals surface area contributed by atoms with E-state index < -0.39 is 0 Å². The van der Waals surface area contributed by atoms with Crippen LogP contribution in [-0.4, -0.2) is 29.5 Å². The summed E-state index contributed by atoms with van der Waals surface area (Å²) >= 11 is 0. The molecule has 127 valence electrons. The predicted molar refractivity (Wildman–Crippen MR) is 98.7 cm³/mol. The minimum Gasteiger partial charge on any atom is -0.361 e. The van der Waals surface area contributed by atoms with Gasteiger partial charge in [0, 0.05) is 44.4 Å². The first kappa shape index (κ1) is 22.8. The third-order valence-electron chi connectivity index (χ3n) is 4.49. The average Bonchev–Trinajstić information content (AvgIpc) is 3.03. The number of H-pyrrole nitrogens is 1. The number of aromatic nitrogens is 1. The quantitative estimate of drug-likeness (QED) is 0.614. The van der Waals surface area contributed by atoms with Gasteiger partial charge in [-0.1, -0.05) is 50.8 Å².